The van der Waals surface area contributed by atoms with Crippen LogP contribution in [0.4, 0.5) is 5.82 Å². The number of benzene rings is 1. The van der Waals surface area contributed by atoms with Crippen molar-refractivity contribution in [3.63, 3.8) is 0 Å². The Hall–Kier alpha value is -1.62. The minimum Gasteiger partial charge on any atom is -0.508 e. The Morgan fingerprint density at radius 3 is 2.94 bits per heavy atom. The van der Waals surface area contributed by atoms with Gasteiger partial charge in [-0.05, 0) is 30.5 Å². The lowest BCUT2D eigenvalue weighted by molar-refractivity contribution is 0.476. The number of aromatic hydroxyl groups is 1. The molecule has 0 saturated heterocycles. The van der Waals surface area contributed by atoms with Crippen LogP contribution in [-0.4, -0.2) is 32.3 Å². The molecule has 96 valence electrons. The van der Waals surface area contributed by atoms with Crippen molar-refractivity contribution in [3.8, 4) is 5.75 Å². The summed E-state index contributed by atoms with van der Waals surface area (Å²) in [7, 11) is -0.847. The van der Waals surface area contributed by atoms with Crippen LogP contribution in [0.15, 0.2) is 30.5 Å². The first-order valence-corrected chi connectivity index (χ1v) is 7.43. The second-order valence-electron chi connectivity index (χ2n) is 4.35. The molecule has 0 amide bonds. The molecule has 0 fully saturated rings. The van der Waals surface area contributed by atoms with Crippen molar-refractivity contribution >= 4 is 27.4 Å². The van der Waals surface area contributed by atoms with Gasteiger partial charge in [0.2, 0.25) is 0 Å². The van der Waals surface area contributed by atoms with Crippen molar-refractivity contribution in [2.45, 2.75) is 13.0 Å². The normalized spacial score (nSPS) is 14.3. The molecule has 4 nitrogen and oxygen atoms in total. The lowest BCUT2D eigenvalue weighted by Gasteiger charge is -2.14. The summed E-state index contributed by atoms with van der Waals surface area (Å²) in [5.74, 6) is 1.49. The zero-order valence-corrected chi connectivity index (χ0v) is 11.2. The molecular weight excluding hydrogens is 248 g/mol. The van der Waals surface area contributed by atoms with E-state index >= 15 is 0 Å². The Kier molecular flexibility index (Phi) is 3.81. The first kappa shape index (κ1) is 12.8. The van der Waals surface area contributed by atoms with E-state index in [0.29, 0.717) is 11.6 Å². The molecule has 1 heterocycles. The lowest BCUT2D eigenvalue weighted by atomic mass is 10.1. The third-order valence-electron chi connectivity index (χ3n) is 2.62. The topological polar surface area (TPSA) is 62.2 Å². The molecule has 0 radical (unpaired) electrons. The molecule has 0 aliphatic rings. The second kappa shape index (κ2) is 5.35. The number of anilines is 1. The molecule has 0 bridgehead atoms. The van der Waals surface area contributed by atoms with Gasteiger partial charge in [-0.1, -0.05) is 6.07 Å². The number of rotatable bonds is 4. The van der Waals surface area contributed by atoms with Crippen LogP contribution in [0.1, 0.15) is 6.92 Å². The Balaban J connectivity index is 2.32. The molecule has 1 aromatic heterocycles. The minimum atomic E-state index is -0.847. The van der Waals surface area contributed by atoms with Crippen molar-refractivity contribution < 1.29 is 9.32 Å². The maximum Gasteiger partial charge on any atom is 0.134 e. The summed E-state index contributed by atoms with van der Waals surface area (Å²) in [6, 6.07) is 7.14. The van der Waals surface area contributed by atoms with E-state index in [-0.39, 0.29) is 11.8 Å². The zero-order chi connectivity index (χ0) is 13.1. The Bertz CT molecular complexity index is 586. The van der Waals surface area contributed by atoms with Crippen molar-refractivity contribution in [1.29, 1.82) is 0 Å². The molecule has 2 rings (SSSR count). The maximum absolute atomic E-state index is 11.2. The van der Waals surface area contributed by atoms with E-state index in [9.17, 15) is 9.32 Å². The van der Waals surface area contributed by atoms with Gasteiger partial charge in [-0.3, -0.25) is 4.21 Å². The minimum absolute atomic E-state index is 0.0660. The SMILES string of the molecule is CC(CS(C)=O)Nc1nccc2ccc(O)cc12. The molecule has 2 aromatic rings. The molecule has 2 unspecified atom stereocenters. The summed E-state index contributed by atoms with van der Waals surface area (Å²) >= 11 is 0. The van der Waals surface area contributed by atoms with Crippen LogP contribution < -0.4 is 5.32 Å². The van der Waals surface area contributed by atoms with Gasteiger partial charge in [0.25, 0.3) is 0 Å². The number of phenols is 1. The predicted molar refractivity (Wildman–Crippen MR) is 75.4 cm³/mol. The summed E-state index contributed by atoms with van der Waals surface area (Å²) in [5, 5.41) is 14.6. The number of nitrogens with one attached hydrogen (secondary N) is 1. The fourth-order valence-electron chi connectivity index (χ4n) is 1.90. The highest BCUT2D eigenvalue weighted by Gasteiger charge is 2.08. The van der Waals surface area contributed by atoms with Gasteiger partial charge >= 0.3 is 0 Å². The summed E-state index contributed by atoms with van der Waals surface area (Å²) in [5.41, 5.74) is 0. The van der Waals surface area contributed by atoms with Crippen molar-refractivity contribution in [2.75, 3.05) is 17.3 Å². The quantitative estimate of drug-likeness (QED) is 0.888. The lowest BCUT2D eigenvalue weighted by Crippen LogP contribution is -2.22. The summed E-state index contributed by atoms with van der Waals surface area (Å²) < 4.78 is 11.2. The number of hydrogen-bond acceptors (Lipinski definition) is 4. The highest BCUT2D eigenvalue weighted by atomic mass is 32.2. The van der Waals surface area contributed by atoms with Gasteiger partial charge in [0.1, 0.15) is 11.6 Å². The molecular formula is C13H16N2O2S. The molecule has 0 aliphatic carbocycles. The van der Waals surface area contributed by atoms with Crippen LogP contribution in [0, 0.1) is 0 Å². The average molecular weight is 264 g/mol. The van der Waals surface area contributed by atoms with Crippen molar-refractivity contribution in [1.82, 2.24) is 4.98 Å². The van der Waals surface area contributed by atoms with E-state index in [1.165, 1.54) is 0 Å². The van der Waals surface area contributed by atoms with E-state index in [1.807, 2.05) is 19.1 Å². The van der Waals surface area contributed by atoms with E-state index in [1.54, 1.807) is 24.6 Å². The van der Waals surface area contributed by atoms with Crippen LogP contribution in [0.5, 0.6) is 5.75 Å². The number of pyridine rings is 1. The number of hydrogen-bond donors (Lipinski definition) is 2. The Labute approximate surface area is 109 Å². The Morgan fingerprint density at radius 2 is 2.22 bits per heavy atom. The van der Waals surface area contributed by atoms with E-state index in [4.69, 9.17) is 0 Å². The van der Waals surface area contributed by atoms with Crippen LogP contribution in [0.3, 0.4) is 0 Å². The van der Waals surface area contributed by atoms with Gasteiger partial charge in [0.05, 0.1) is 0 Å². The smallest absolute Gasteiger partial charge is 0.134 e. The monoisotopic (exact) mass is 264 g/mol. The number of aromatic nitrogens is 1. The summed E-state index contributed by atoms with van der Waals surface area (Å²) in [4.78, 5) is 4.27. The third-order valence-corrected chi connectivity index (χ3v) is 3.59. The number of nitrogens with zero attached hydrogens (tertiary/aromatic N) is 1. The number of phenolic OH excluding ortho intramolecular Hbond substituents is 1. The van der Waals surface area contributed by atoms with Gasteiger partial charge < -0.3 is 10.4 Å². The van der Waals surface area contributed by atoms with Crippen LogP contribution in [0.2, 0.25) is 0 Å². The summed E-state index contributed by atoms with van der Waals surface area (Å²) in [6.07, 6.45) is 3.40. The van der Waals surface area contributed by atoms with Crippen molar-refractivity contribution in [2.24, 2.45) is 0 Å². The van der Waals surface area contributed by atoms with Crippen LogP contribution in [-0.2, 0) is 10.8 Å². The molecule has 1 aromatic carbocycles. The zero-order valence-electron chi connectivity index (χ0n) is 10.4. The molecule has 0 saturated carbocycles. The van der Waals surface area contributed by atoms with E-state index in [0.717, 1.165) is 10.8 Å². The third kappa shape index (κ3) is 2.98. The highest BCUT2D eigenvalue weighted by molar-refractivity contribution is 7.84. The van der Waals surface area contributed by atoms with Crippen LogP contribution >= 0.6 is 0 Å². The molecule has 2 atom stereocenters. The van der Waals surface area contributed by atoms with Crippen LogP contribution in [0.25, 0.3) is 10.8 Å². The Morgan fingerprint density at radius 1 is 1.44 bits per heavy atom. The molecule has 18 heavy (non-hydrogen) atoms. The first-order valence-electron chi connectivity index (χ1n) is 5.70. The molecule has 5 heteroatoms. The number of fused-ring (bicyclic) bond motifs is 1. The van der Waals surface area contributed by atoms with Crippen molar-refractivity contribution in [3.05, 3.63) is 30.5 Å². The largest absolute Gasteiger partial charge is 0.508 e. The molecule has 2 N–H and O–H groups in total. The van der Waals surface area contributed by atoms with E-state index in [2.05, 4.69) is 10.3 Å². The first-order chi connectivity index (χ1) is 8.56. The predicted octanol–water partition coefficient (Wildman–Crippen LogP) is 2.12. The molecule has 0 spiro atoms. The van der Waals surface area contributed by atoms with Gasteiger partial charge in [-0.25, -0.2) is 4.98 Å². The maximum atomic E-state index is 11.2. The van der Waals surface area contributed by atoms with Gasteiger partial charge in [-0.15, -0.1) is 0 Å². The average Bonchev–Trinajstić information content (AvgIpc) is 2.28. The fraction of sp³-hybridized carbons (Fsp3) is 0.308. The fourth-order valence-corrected chi connectivity index (χ4v) is 2.69. The summed E-state index contributed by atoms with van der Waals surface area (Å²) in [6.45, 7) is 1.96. The van der Waals surface area contributed by atoms with Gasteiger partial charge in [0.15, 0.2) is 0 Å². The van der Waals surface area contributed by atoms with E-state index < -0.39 is 10.8 Å². The molecule has 0 aliphatic heterocycles. The highest BCUT2D eigenvalue weighted by Crippen LogP contribution is 2.25. The standard InChI is InChI=1S/C13H16N2O2S/c1-9(8-18(2)17)15-13-12-7-11(16)4-3-10(12)5-6-14-13/h3-7,9,16H,8H2,1-2H3,(H,14,15). The second-order valence-corrected chi connectivity index (χ2v) is 5.83. The van der Waals surface area contributed by atoms with Gasteiger partial charge in [0, 0.05) is 40.4 Å². The van der Waals surface area contributed by atoms with Gasteiger partial charge in [-0.2, -0.15) is 0 Å².